The summed E-state index contributed by atoms with van der Waals surface area (Å²) in [4.78, 5) is 21.9. The third kappa shape index (κ3) is 2.20. The van der Waals surface area contributed by atoms with Crippen LogP contribution >= 0.6 is 15.9 Å². The zero-order chi connectivity index (χ0) is 10.7. The second kappa shape index (κ2) is 4.37. The second-order valence-electron chi connectivity index (χ2n) is 2.78. The minimum atomic E-state index is -1.01. The van der Waals surface area contributed by atoms with E-state index >= 15 is 0 Å². The highest BCUT2D eigenvalue weighted by Crippen LogP contribution is 2.19. The maximum absolute atomic E-state index is 11.3. The molecule has 1 aromatic rings. The van der Waals surface area contributed by atoms with Crippen molar-refractivity contribution >= 4 is 27.7 Å². The number of carboxylic acid groups (broad SMARTS) is 1. The fraction of sp³-hybridized carbons (Fsp3) is 0.200. The molecule has 0 spiro atoms. The van der Waals surface area contributed by atoms with E-state index in [9.17, 15) is 9.59 Å². The van der Waals surface area contributed by atoms with Gasteiger partial charge in [-0.1, -0.05) is 13.0 Å². The Morgan fingerprint density at radius 1 is 1.43 bits per heavy atom. The van der Waals surface area contributed by atoms with Crippen molar-refractivity contribution in [3.8, 4) is 0 Å². The summed E-state index contributed by atoms with van der Waals surface area (Å²) < 4.78 is 0.435. The first-order valence-corrected chi connectivity index (χ1v) is 4.91. The largest absolute Gasteiger partial charge is 0.478 e. The molecular weight excluding hydrogens is 248 g/mol. The van der Waals surface area contributed by atoms with Crippen molar-refractivity contribution in [3.05, 3.63) is 33.8 Å². The summed E-state index contributed by atoms with van der Waals surface area (Å²) in [6, 6.07) is 4.49. The molecule has 0 atom stereocenters. The summed E-state index contributed by atoms with van der Waals surface area (Å²) in [7, 11) is 0. The first-order valence-electron chi connectivity index (χ1n) is 4.12. The molecule has 0 amide bonds. The lowest BCUT2D eigenvalue weighted by Crippen LogP contribution is -2.01. The van der Waals surface area contributed by atoms with Gasteiger partial charge in [-0.2, -0.15) is 0 Å². The normalized spacial score (nSPS) is 9.86. The van der Waals surface area contributed by atoms with E-state index in [1.165, 1.54) is 18.2 Å². The number of carbonyl (C=O) groups is 2. The fourth-order valence-corrected chi connectivity index (χ4v) is 1.61. The lowest BCUT2D eigenvalue weighted by atomic mass is 10.1. The monoisotopic (exact) mass is 256 g/mol. The van der Waals surface area contributed by atoms with Gasteiger partial charge in [0.25, 0.3) is 0 Å². The molecule has 0 saturated carbocycles. The smallest absolute Gasteiger partial charge is 0.336 e. The highest BCUT2D eigenvalue weighted by Gasteiger charge is 2.10. The summed E-state index contributed by atoms with van der Waals surface area (Å²) in [5, 5.41) is 8.74. The number of halogens is 1. The van der Waals surface area contributed by atoms with Gasteiger partial charge in [0.1, 0.15) is 0 Å². The molecule has 0 bridgehead atoms. The third-order valence-corrected chi connectivity index (χ3v) is 2.50. The Balaban J connectivity index is 3.12. The molecule has 0 aromatic heterocycles. The van der Waals surface area contributed by atoms with Crippen LogP contribution in [-0.2, 0) is 0 Å². The molecule has 1 rings (SSSR count). The molecule has 0 saturated heterocycles. The van der Waals surface area contributed by atoms with E-state index in [2.05, 4.69) is 15.9 Å². The lowest BCUT2D eigenvalue weighted by molar-refractivity contribution is 0.0695. The zero-order valence-electron chi connectivity index (χ0n) is 7.58. The molecule has 74 valence electrons. The van der Waals surface area contributed by atoms with Gasteiger partial charge in [0, 0.05) is 16.5 Å². The topological polar surface area (TPSA) is 54.4 Å². The first kappa shape index (κ1) is 10.9. The van der Waals surface area contributed by atoms with E-state index in [0.717, 1.165) is 0 Å². The molecule has 0 aliphatic carbocycles. The van der Waals surface area contributed by atoms with Crippen LogP contribution in [0.25, 0.3) is 0 Å². The van der Waals surface area contributed by atoms with Crippen LogP contribution in [0, 0.1) is 0 Å². The highest BCUT2D eigenvalue weighted by atomic mass is 79.9. The minimum Gasteiger partial charge on any atom is -0.478 e. The van der Waals surface area contributed by atoms with Gasteiger partial charge in [-0.15, -0.1) is 0 Å². The lowest BCUT2D eigenvalue weighted by Gasteiger charge is -2.01. The number of carboxylic acids is 1. The zero-order valence-corrected chi connectivity index (χ0v) is 9.17. The molecule has 14 heavy (non-hydrogen) atoms. The van der Waals surface area contributed by atoms with E-state index in [4.69, 9.17) is 5.11 Å². The molecule has 0 heterocycles. The first-order chi connectivity index (χ1) is 6.56. The van der Waals surface area contributed by atoms with Gasteiger partial charge in [0.05, 0.1) is 5.56 Å². The second-order valence-corrected chi connectivity index (χ2v) is 3.63. The molecule has 0 unspecified atom stereocenters. The van der Waals surface area contributed by atoms with Crippen molar-refractivity contribution in [1.82, 2.24) is 0 Å². The van der Waals surface area contributed by atoms with E-state index in [0.29, 0.717) is 16.5 Å². The summed E-state index contributed by atoms with van der Waals surface area (Å²) >= 11 is 3.11. The van der Waals surface area contributed by atoms with Gasteiger partial charge in [0.15, 0.2) is 5.78 Å². The molecule has 1 N–H and O–H groups in total. The number of benzene rings is 1. The Kier molecular flexibility index (Phi) is 3.41. The van der Waals surface area contributed by atoms with Gasteiger partial charge >= 0.3 is 5.97 Å². The van der Waals surface area contributed by atoms with Crippen LogP contribution < -0.4 is 0 Å². The number of ketones is 1. The predicted molar refractivity (Wildman–Crippen MR) is 55.7 cm³/mol. The average molecular weight is 257 g/mol. The van der Waals surface area contributed by atoms with Crippen LogP contribution in [-0.4, -0.2) is 16.9 Å². The Labute approximate surface area is 89.9 Å². The van der Waals surface area contributed by atoms with Gasteiger partial charge in [-0.3, -0.25) is 4.79 Å². The molecule has 1 aromatic carbocycles. The summed E-state index contributed by atoms with van der Waals surface area (Å²) in [6.45, 7) is 1.77. The van der Waals surface area contributed by atoms with Crippen molar-refractivity contribution in [1.29, 1.82) is 0 Å². The van der Waals surface area contributed by atoms with E-state index in [1.54, 1.807) is 6.92 Å². The molecule has 0 aliphatic rings. The summed E-state index contributed by atoms with van der Waals surface area (Å²) in [5.41, 5.74) is 0.696. The number of hydrogen-bond acceptors (Lipinski definition) is 2. The quantitative estimate of drug-likeness (QED) is 0.847. The van der Waals surface area contributed by atoms with Crippen molar-refractivity contribution in [2.75, 3.05) is 0 Å². The standard InChI is InChI=1S/C10H9BrO3/c1-2-9(12)6-3-4-7(10(13)14)8(11)5-6/h3-5H,2H2,1H3,(H,13,14). The van der Waals surface area contributed by atoms with E-state index < -0.39 is 5.97 Å². The van der Waals surface area contributed by atoms with Gasteiger partial charge in [0.2, 0.25) is 0 Å². The van der Waals surface area contributed by atoms with Crippen LogP contribution in [0.4, 0.5) is 0 Å². The molecule has 0 fully saturated rings. The summed E-state index contributed by atoms with van der Waals surface area (Å²) in [6.07, 6.45) is 0.416. The van der Waals surface area contributed by atoms with E-state index in [-0.39, 0.29) is 11.3 Å². The van der Waals surface area contributed by atoms with Crippen LogP contribution in [0.15, 0.2) is 22.7 Å². The maximum Gasteiger partial charge on any atom is 0.336 e. The van der Waals surface area contributed by atoms with Crippen LogP contribution in [0.3, 0.4) is 0 Å². The minimum absolute atomic E-state index is 0.00244. The van der Waals surface area contributed by atoms with E-state index in [1.807, 2.05) is 0 Å². The number of aromatic carboxylic acids is 1. The predicted octanol–water partition coefficient (Wildman–Crippen LogP) is 2.74. The molecule has 3 nitrogen and oxygen atoms in total. The molecule has 0 radical (unpaired) electrons. The van der Waals surface area contributed by atoms with Crippen molar-refractivity contribution in [2.45, 2.75) is 13.3 Å². The molecule has 0 aliphatic heterocycles. The number of rotatable bonds is 3. The highest BCUT2D eigenvalue weighted by molar-refractivity contribution is 9.10. The third-order valence-electron chi connectivity index (χ3n) is 1.84. The fourth-order valence-electron chi connectivity index (χ4n) is 1.07. The molecular formula is C10H9BrO3. The summed E-state index contributed by atoms with van der Waals surface area (Å²) in [5.74, 6) is -1.00. The van der Waals surface area contributed by atoms with Crippen LogP contribution in [0.5, 0.6) is 0 Å². The SMILES string of the molecule is CCC(=O)c1ccc(C(=O)O)c(Br)c1. The number of Topliss-reactive ketones (excluding diaryl/α,β-unsaturated/α-hetero) is 1. The van der Waals surface area contributed by atoms with Gasteiger partial charge in [-0.05, 0) is 28.1 Å². The Morgan fingerprint density at radius 3 is 2.50 bits per heavy atom. The van der Waals surface area contributed by atoms with Crippen molar-refractivity contribution in [3.63, 3.8) is 0 Å². The molecule has 4 heteroatoms. The Morgan fingerprint density at radius 2 is 2.07 bits per heavy atom. The Hall–Kier alpha value is -1.16. The number of hydrogen-bond donors (Lipinski definition) is 1. The Bertz CT molecular complexity index is 385. The van der Waals surface area contributed by atoms with Crippen molar-refractivity contribution in [2.24, 2.45) is 0 Å². The van der Waals surface area contributed by atoms with Crippen molar-refractivity contribution < 1.29 is 14.7 Å². The average Bonchev–Trinajstić information content (AvgIpc) is 2.15. The maximum atomic E-state index is 11.3. The van der Waals surface area contributed by atoms with Crippen LogP contribution in [0.2, 0.25) is 0 Å². The van der Waals surface area contributed by atoms with Gasteiger partial charge in [-0.25, -0.2) is 4.79 Å². The van der Waals surface area contributed by atoms with Crippen LogP contribution in [0.1, 0.15) is 34.1 Å². The van der Waals surface area contributed by atoms with Gasteiger partial charge < -0.3 is 5.11 Å². The number of carbonyl (C=O) groups excluding carboxylic acids is 1.